The number of carbonyl (C=O) groups is 2. The highest BCUT2D eigenvalue weighted by molar-refractivity contribution is 7.89. The Hall–Kier alpha value is -3.63. The first kappa shape index (κ1) is 24.5. The predicted octanol–water partition coefficient (Wildman–Crippen LogP) is 2.66. The number of hydrogen-bond donors (Lipinski definition) is 0. The topological polar surface area (TPSA) is 100 Å². The van der Waals surface area contributed by atoms with E-state index in [4.69, 9.17) is 9.15 Å². The number of ether oxygens (including phenoxy) is 1. The summed E-state index contributed by atoms with van der Waals surface area (Å²) in [7, 11) is -0.811. The van der Waals surface area contributed by atoms with Crippen molar-refractivity contribution in [3.8, 4) is 5.75 Å². The van der Waals surface area contributed by atoms with Crippen molar-refractivity contribution in [1.29, 1.82) is 0 Å². The van der Waals surface area contributed by atoms with Gasteiger partial charge in [0.05, 0.1) is 36.5 Å². The summed E-state index contributed by atoms with van der Waals surface area (Å²) in [6, 6.07) is 16.6. The van der Waals surface area contributed by atoms with Crippen molar-refractivity contribution >= 4 is 27.5 Å². The van der Waals surface area contributed by atoms with Crippen LogP contribution in [0.2, 0.25) is 0 Å². The molecule has 1 aliphatic rings. The Labute approximate surface area is 204 Å². The van der Waals surface area contributed by atoms with Gasteiger partial charge in [0.25, 0.3) is 5.91 Å². The second-order valence-electron chi connectivity index (χ2n) is 8.48. The minimum atomic E-state index is -4.03. The molecule has 9 nitrogen and oxygen atoms in total. The molecule has 0 aliphatic carbocycles. The summed E-state index contributed by atoms with van der Waals surface area (Å²) in [5.74, 6) is -0.000580. The molecular weight excluding hydrogens is 470 g/mol. The lowest BCUT2D eigenvalue weighted by Gasteiger charge is -2.36. The highest BCUT2D eigenvalue weighted by Gasteiger charge is 2.37. The summed E-state index contributed by atoms with van der Waals surface area (Å²) < 4.78 is 39.3. The molecule has 35 heavy (non-hydrogen) atoms. The van der Waals surface area contributed by atoms with E-state index in [2.05, 4.69) is 0 Å². The van der Waals surface area contributed by atoms with Crippen LogP contribution in [0.5, 0.6) is 5.75 Å². The first-order valence-electron chi connectivity index (χ1n) is 11.0. The molecule has 0 unspecified atom stereocenters. The average Bonchev–Trinajstić information content (AvgIpc) is 3.35. The SMILES string of the molecule is Cc1ccc(S(=O)(=O)N(CC(=O)N2C[C@H](C(=O)N(C)C)Oc3ccccc32)Cc2ccco2)cc1. The molecule has 3 aromatic rings. The van der Waals surface area contributed by atoms with Crippen LogP contribution in [0.3, 0.4) is 0 Å². The monoisotopic (exact) mass is 497 g/mol. The van der Waals surface area contributed by atoms with E-state index in [-0.39, 0.29) is 23.9 Å². The maximum absolute atomic E-state index is 13.6. The van der Waals surface area contributed by atoms with E-state index in [1.54, 1.807) is 62.6 Å². The van der Waals surface area contributed by atoms with Gasteiger partial charge in [-0.05, 0) is 43.3 Å². The van der Waals surface area contributed by atoms with Crippen LogP contribution in [0.15, 0.2) is 76.2 Å². The number of para-hydroxylation sites is 2. The Bertz CT molecular complexity index is 1300. The molecule has 1 aromatic heterocycles. The molecule has 1 atom stereocenters. The highest BCUT2D eigenvalue weighted by atomic mass is 32.2. The van der Waals surface area contributed by atoms with Gasteiger partial charge in [-0.25, -0.2) is 8.42 Å². The third-order valence-corrected chi connectivity index (χ3v) is 7.48. The summed E-state index contributed by atoms with van der Waals surface area (Å²) in [6.07, 6.45) is 0.542. The summed E-state index contributed by atoms with van der Waals surface area (Å²) >= 11 is 0. The second kappa shape index (κ2) is 9.93. The van der Waals surface area contributed by atoms with Crippen LogP contribution in [-0.4, -0.2) is 62.7 Å². The fourth-order valence-corrected chi connectivity index (χ4v) is 5.14. The first-order valence-corrected chi connectivity index (χ1v) is 12.5. The number of likely N-dealkylation sites (N-methyl/N-ethyl adjacent to an activating group) is 1. The smallest absolute Gasteiger partial charge is 0.265 e. The fraction of sp³-hybridized carbons (Fsp3) is 0.280. The molecule has 2 heterocycles. The van der Waals surface area contributed by atoms with Crippen molar-refractivity contribution in [2.45, 2.75) is 24.5 Å². The number of rotatable bonds is 7. The maximum Gasteiger partial charge on any atom is 0.265 e. The lowest BCUT2D eigenvalue weighted by Crippen LogP contribution is -2.52. The van der Waals surface area contributed by atoms with Crippen molar-refractivity contribution in [2.24, 2.45) is 0 Å². The van der Waals surface area contributed by atoms with E-state index in [0.717, 1.165) is 9.87 Å². The van der Waals surface area contributed by atoms with Crippen molar-refractivity contribution in [3.05, 3.63) is 78.3 Å². The average molecular weight is 498 g/mol. The molecule has 10 heteroatoms. The van der Waals surface area contributed by atoms with Crippen LogP contribution in [0.1, 0.15) is 11.3 Å². The molecule has 184 valence electrons. The lowest BCUT2D eigenvalue weighted by atomic mass is 10.1. The number of sulfonamides is 1. The Morgan fingerprint density at radius 1 is 1.03 bits per heavy atom. The Morgan fingerprint density at radius 3 is 2.40 bits per heavy atom. The quantitative estimate of drug-likeness (QED) is 0.498. The lowest BCUT2D eigenvalue weighted by molar-refractivity contribution is -0.136. The number of carbonyl (C=O) groups excluding carboxylic acids is 2. The normalized spacial score (nSPS) is 15.4. The van der Waals surface area contributed by atoms with E-state index in [0.29, 0.717) is 17.2 Å². The van der Waals surface area contributed by atoms with Gasteiger partial charge in [0, 0.05) is 14.1 Å². The van der Waals surface area contributed by atoms with Gasteiger partial charge in [-0.15, -0.1) is 0 Å². The van der Waals surface area contributed by atoms with Crippen LogP contribution in [0.4, 0.5) is 5.69 Å². The number of benzene rings is 2. The van der Waals surface area contributed by atoms with Gasteiger partial charge in [0.2, 0.25) is 15.9 Å². The molecule has 4 rings (SSSR count). The van der Waals surface area contributed by atoms with E-state index in [1.165, 1.54) is 28.2 Å². The van der Waals surface area contributed by atoms with Gasteiger partial charge in [-0.1, -0.05) is 29.8 Å². The molecule has 2 aromatic carbocycles. The maximum atomic E-state index is 13.6. The zero-order chi connectivity index (χ0) is 25.2. The molecule has 0 spiro atoms. The van der Waals surface area contributed by atoms with Gasteiger partial charge < -0.3 is 19.0 Å². The van der Waals surface area contributed by atoms with Crippen molar-refractivity contribution < 1.29 is 27.2 Å². The highest BCUT2D eigenvalue weighted by Crippen LogP contribution is 2.34. The van der Waals surface area contributed by atoms with E-state index in [1.807, 2.05) is 6.92 Å². The molecule has 1 aliphatic heterocycles. The van der Waals surface area contributed by atoms with Crippen LogP contribution in [-0.2, 0) is 26.2 Å². The molecule has 0 bridgehead atoms. The van der Waals surface area contributed by atoms with Crippen LogP contribution < -0.4 is 9.64 Å². The first-order chi connectivity index (χ1) is 16.7. The summed E-state index contributed by atoms with van der Waals surface area (Å²) in [4.78, 5) is 29.1. The number of amides is 2. The second-order valence-corrected chi connectivity index (χ2v) is 10.4. The van der Waals surface area contributed by atoms with Crippen LogP contribution in [0, 0.1) is 6.92 Å². The molecule has 2 amide bonds. The van der Waals surface area contributed by atoms with Gasteiger partial charge in [-0.2, -0.15) is 4.31 Å². The molecule has 0 saturated heterocycles. The van der Waals surface area contributed by atoms with Gasteiger partial charge in [-0.3, -0.25) is 9.59 Å². The molecule has 0 fully saturated rings. The number of hydrogen-bond acceptors (Lipinski definition) is 6. The Kier molecular flexibility index (Phi) is 6.95. The van der Waals surface area contributed by atoms with E-state index in [9.17, 15) is 18.0 Å². The van der Waals surface area contributed by atoms with Gasteiger partial charge in [0.1, 0.15) is 11.5 Å². The minimum absolute atomic E-state index is 0.0357. The van der Waals surface area contributed by atoms with E-state index < -0.39 is 28.6 Å². The predicted molar refractivity (Wildman–Crippen MR) is 129 cm³/mol. The van der Waals surface area contributed by atoms with Crippen molar-refractivity contribution in [3.63, 3.8) is 0 Å². The van der Waals surface area contributed by atoms with Crippen LogP contribution in [0.25, 0.3) is 0 Å². The zero-order valence-corrected chi connectivity index (χ0v) is 20.6. The fourth-order valence-electron chi connectivity index (χ4n) is 3.78. The Balaban J connectivity index is 1.66. The molecular formula is C25H27N3O6S. The van der Waals surface area contributed by atoms with Crippen LogP contribution >= 0.6 is 0 Å². The zero-order valence-electron chi connectivity index (χ0n) is 19.7. The largest absolute Gasteiger partial charge is 0.476 e. The summed E-state index contributed by atoms with van der Waals surface area (Å²) in [6.45, 7) is 1.25. The Morgan fingerprint density at radius 2 is 1.74 bits per heavy atom. The van der Waals surface area contributed by atoms with Gasteiger partial charge in [0.15, 0.2) is 6.10 Å². The number of nitrogens with zero attached hydrogens (tertiary/aromatic N) is 3. The third kappa shape index (κ3) is 5.23. The molecule has 0 radical (unpaired) electrons. The summed E-state index contributed by atoms with van der Waals surface area (Å²) in [5, 5.41) is 0. The number of anilines is 1. The number of aryl methyl sites for hydroxylation is 1. The van der Waals surface area contributed by atoms with E-state index >= 15 is 0 Å². The number of furan rings is 1. The van der Waals surface area contributed by atoms with Crippen molar-refractivity contribution in [2.75, 3.05) is 32.1 Å². The third-order valence-electron chi connectivity index (χ3n) is 5.67. The molecule has 0 saturated carbocycles. The molecule has 0 N–H and O–H groups in total. The van der Waals surface area contributed by atoms with Crippen molar-refractivity contribution in [1.82, 2.24) is 9.21 Å². The standard InChI is InChI=1S/C25H27N3O6S/c1-18-10-12-20(13-11-18)35(31,32)27(15-19-7-6-14-33-19)17-24(29)28-16-23(25(30)26(2)3)34-22-9-5-4-8-21(22)28/h4-14,23H,15-17H2,1-3H3/t23-/m1/s1. The number of fused-ring (bicyclic) bond motifs is 1. The van der Waals surface area contributed by atoms with Gasteiger partial charge >= 0.3 is 0 Å². The summed E-state index contributed by atoms with van der Waals surface area (Å²) in [5.41, 5.74) is 1.39. The minimum Gasteiger partial charge on any atom is -0.476 e.